The van der Waals surface area contributed by atoms with Gasteiger partial charge in [0.1, 0.15) is 0 Å². The molecule has 1 saturated carbocycles. The van der Waals surface area contributed by atoms with Gasteiger partial charge in [-0.1, -0.05) is 57.4 Å². The number of hydrogen-bond acceptors (Lipinski definition) is 0. The quantitative estimate of drug-likeness (QED) is 0.570. The number of rotatable bonds is 4. The SMILES string of the molecule is C=C(C)C(CC)C(=C)C1CCCCC1C. The van der Waals surface area contributed by atoms with Crippen LogP contribution in [0.4, 0.5) is 0 Å². The van der Waals surface area contributed by atoms with Crippen molar-refractivity contribution in [2.75, 3.05) is 0 Å². The lowest BCUT2D eigenvalue weighted by Gasteiger charge is -2.34. The molecule has 0 heteroatoms. The number of hydrogen-bond donors (Lipinski definition) is 0. The van der Waals surface area contributed by atoms with Crippen molar-refractivity contribution < 1.29 is 0 Å². The van der Waals surface area contributed by atoms with Crippen molar-refractivity contribution in [1.29, 1.82) is 0 Å². The monoisotopic (exact) mass is 206 g/mol. The van der Waals surface area contributed by atoms with E-state index in [4.69, 9.17) is 0 Å². The maximum absolute atomic E-state index is 4.36. The summed E-state index contributed by atoms with van der Waals surface area (Å²) in [5, 5.41) is 0. The van der Waals surface area contributed by atoms with E-state index in [0.29, 0.717) is 5.92 Å². The van der Waals surface area contributed by atoms with E-state index < -0.39 is 0 Å². The smallest absolute Gasteiger partial charge is 0.0000970 e. The van der Waals surface area contributed by atoms with Crippen molar-refractivity contribution >= 4 is 0 Å². The largest absolute Gasteiger partial charge is 0.0995 e. The molecule has 0 heterocycles. The predicted molar refractivity (Wildman–Crippen MR) is 68.9 cm³/mol. The second-order valence-electron chi connectivity index (χ2n) is 5.25. The van der Waals surface area contributed by atoms with E-state index in [9.17, 15) is 0 Å². The van der Waals surface area contributed by atoms with Gasteiger partial charge in [-0.05, 0) is 37.5 Å². The molecule has 1 aliphatic rings. The van der Waals surface area contributed by atoms with Gasteiger partial charge in [0.25, 0.3) is 0 Å². The normalized spacial score (nSPS) is 28.5. The van der Waals surface area contributed by atoms with Crippen LogP contribution in [0, 0.1) is 17.8 Å². The maximum atomic E-state index is 4.36. The zero-order valence-electron chi connectivity index (χ0n) is 10.7. The van der Waals surface area contributed by atoms with E-state index in [0.717, 1.165) is 18.3 Å². The van der Waals surface area contributed by atoms with Crippen LogP contribution in [-0.4, -0.2) is 0 Å². The molecule has 3 atom stereocenters. The van der Waals surface area contributed by atoms with Crippen molar-refractivity contribution in [2.24, 2.45) is 17.8 Å². The lowest BCUT2D eigenvalue weighted by Crippen LogP contribution is -2.22. The third-order valence-corrected chi connectivity index (χ3v) is 4.04. The Kier molecular flexibility index (Phi) is 4.63. The Morgan fingerprint density at radius 2 is 1.87 bits per heavy atom. The molecule has 0 aromatic heterocycles. The predicted octanol–water partition coefficient (Wildman–Crippen LogP) is 4.97. The minimum absolute atomic E-state index is 0.551. The third-order valence-electron chi connectivity index (χ3n) is 4.04. The van der Waals surface area contributed by atoms with E-state index >= 15 is 0 Å². The average molecular weight is 206 g/mol. The summed E-state index contributed by atoms with van der Waals surface area (Å²) in [6.45, 7) is 15.2. The first-order chi connectivity index (χ1) is 7.07. The molecular weight excluding hydrogens is 180 g/mol. The summed E-state index contributed by atoms with van der Waals surface area (Å²) in [7, 11) is 0. The average Bonchev–Trinajstić information content (AvgIpc) is 2.18. The molecule has 0 saturated heterocycles. The van der Waals surface area contributed by atoms with Gasteiger partial charge in [0.05, 0.1) is 0 Å². The van der Waals surface area contributed by atoms with Gasteiger partial charge in [-0.15, -0.1) is 0 Å². The highest BCUT2D eigenvalue weighted by molar-refractivity contribution is 5.18. The van der Waals surface area contributed by atoms with Crippen LogP contribution in [0.2, 0.25) is 0 Å². The van der Waals surface area contributed by atoms with Crippen molar-refractivity contribution in [3.63, 3.8) is 0 Å². The van der Waals surface area contributed by atoms with E-state index in [-0.39, 0.29) is 0 Å². The van der Waals surface area contributed by atoms with Crippen molar-refractivity contribution in [2.45, 2.75) is 52.9 Å². The van der Waals surface area contributed by atoms with Gasteiger partial charge in [0, 0.05) is 0 Å². The summed E-state index contributed by atoms with van der Waals surface area (Å²) >= 11 is 0. The van der Waals surface area contributed by atoms with Gasteiger partial charge < -0.3 is 0 Å². The van der Waals surface area contributed by atoms with E-state index in [1.165, 1.54) is 36.8 Å². The summed E-state index contributed by atoms with van der Waals surface area (Å²) in [5.41, 5.74) is 2.75. The molecule has 0 radical (unpaired) electrons. The van der Waals surface area contributed by atoms with E-state index in [1.54, 1.807) is 0 Å². The van der Waals surface area contributed by atoms with Crippen LogP contribution in [0.1, 0.15) is 52.9 Å². The zero-order chi connectivity index (χ0) is 11.4. The first kappa shape index (κ1) is 12.5. The molecule has 86 valence electrons. The third kappa shape index (κ3) is 2.96. The topological polar surface area (TPSA) is 0 Å². The lowest BCUT2D eigenvalue weighted by molar-refractivity contribution is 0.279. The molecule has 1 fully saturated rings. The molecule has 0 spiro atoms. The summed E-state index contributed by atoms with van der Waals surface area (Å²) in [6, 6.07) is 0. The Balaban J connectivity index is 2.68. The molecule has 0 aromatic rings. The fourth-order valence-electron chi connectivity index (χ4n) is 3.05. The fourth-order valence-corrected chi connectivity index (χ4v) is 3.05. The highest BCUT2D eigenvalue weighted by Crippen LogP contribution is 2.39. The second-order valence-corrected chi connectivity index (χ2v) is 5.25. The molecule has 0 aromatic carbocycles. The maximum Gasteiger partial charge on any atom is -0.0000970 e. The fraction of sp³-hybridized carbons (Fsp3) is 0.733. The first-order valence-corrected chi connectivity index (χ1v) is 6.42. The number of allylic oxidation sites excluding steroid dienone is 2. The minimum atomic E-state index is 0.551. The van der Waals surface area contributed by atoms with Crippen molar-refractivity contribution in [1.82, 2.24) is 0 Å². The van der Waals surface area contributed by atoms with E-state index in [1.807, 2.05) is 0 Å². The van der Waals surface area contributed by atoms with E-state index in [2.05, 4.69) is 33.9 Å². The molecule has 0 aliphatic heterocycles. The summed E-state index contributed by atoms with van der Waals surface area (Å²) < 4.78 is 0. The lowest BCUT2D eigenvalue weighted by atomic mass is 9.71. The van der Waals surface area contributed by atoms with Crippen LogP contribution < -0.4 is 0 Å². The van der Waals surface area contributed by atoms with Gasteiger partial charge in [0.2, 0.25) is 0 Å². The van der Waals surface area contributed by atoms with Crippen LogP contribution in [0.25, 0.3) is 0 Å². The molecular formula is C15H26. The van der Waals surface area contributed by atoms with Crippen LogP contribution in [0.5, 0.6) is 0 Å². The van der Waals surface area contributed by atoms with Crippen LogP contribution in [0.3, 0.4) is 0 Å². The molecule has 0 bridgehead atoms. The van der Waals surface area contributed by atoms with Crippen LogP contribution in [-0.2, 0) is 0 Å². The molecule has 15 heavy (non-hydrogen) atoms. The summed E-state index contributed by atoms with van der Waals surface area (Å²) in [4.78, 5) is 0. The summed E-state index contributed by atoms with van der Waals surface area (Å²) in [5.74, 6) is 2.13. The standard InChI is InChI=1S/C15H26/c1-6-14(11(2)3)13(5)15-10-8-7-9-12(15)4/h12,14-15H,2,5-10H2,1,3-4H3. The molecule has 0 N–H and O–H groups in total. The Hall–Kier alpha value is -0.520. The van der Waals surface area contributed by atoms with Gasteiger partial charge in [-0.25, -0.2) is 0 Å². The second kappa shape index (κ2) is 5.53. The highest BCUT2D eigenvalue weighted by Gasteiger charge is 2.27. The Bertz CT molecular complexity index is 236. The van der Waals surface area contributed by atoms with Crippen LogP contribution in [0.15, 0.2) is 24.3 Å². The Labute approximate surface area is 95.5 Å². The molecule has 3 unspecified atom stereocenters. The highest BCUT2D eigenvalue weighted by atomic mass is 14.3. The molecule has 0 nitrogen and oxygen atoms in total. The zero-order valence-corrected chi connectivity index (χ0v) is 10.7. The van der Waals surface area contributed by atoms with Crippen molar-refractivity contribution in [3.8, 4) is 0 Å². The summed E-state index contributed by atoms with van der Waals surface area (Å²) in [6.07, 6.45) is 6.70. The van der Waals surface area contributed by atoms with Gasteiger partial charge in [-0.2, -0.15) is 0 Å². The van der Waals surface area contributed by atoms with Crippen LogP contribution >= 0.6 is 0 Å². The molecule has 0 amide bonds. The van der Waals surface area contributed by atoms with Gasteiger partial charge >= 0.3 is 0 Å². The Morgan fingerprint density at radius 3 is 2.33 bits per heavy atom. The van der Waals surface area contributed by atoms with Gasteiger partial charge in [-0.3, -0.25) is 0 Å². The first-order valence-electron chi connectivity index (χ1n) is 6.42. The molecule has 1 aliphatic carbocycles. The molecule has 1 rings (SSSR count). The van der Waals surface area contributed by atoms with Gasteiger partial charge in [0.15, 0.2) is 0 Å². The minimum Gasteiger partial charge on any atom is -0.0995 e. The Morgan fingerprint density at radius 1 is 1.27 bits per heavy atom. The van der Waals surface area contributed by atoms with Crippen molar-refractivity contribution in [3.05, 3.63) is 24.3 Å².